The molecular weight excluding hydrogens is 619 g/mol. The summed E-state index contributed by atoms with van der Waals surface area (Å²) in [6, 6.07) is 0.642. The fraction of sp³-hybridized carbons (Fsp3) is 0.833. The molecule has 0 aliphatic carbocycles. The molecule has 0 amide bonds. The van der Waals surface area contributed by atoms with Gasteiger partial charge in [0.15, 0.2) is 0 Å². The Morgan fingerprint density at radius 3 is 1.04 bits per heavy atom. The molecule has 2 N–H and O–H groups in total. The maximum atomic E-state index is 3.66. The van der Waals surface area contributed by atoms with E-state index in [1.165, 1.54) is 186 Å². The first-order valence-electron chi connectivity index (χ1n) is 19.7. The van der Waals surface area contributed by atoms with E-state index in [1.54, 1.807) is 0 Å². The summed E-state index contributed by atoms with van der Waals surface area (Å²) in [7, 11) is 1.98. The van der Waals surface area contributed by atoms with Gasteiger partial charge >= 0.3 is 0 Å². The molecule has 0 bridgehead atoms. The van der Waals surface area contributed by atoms with Crippen molar-refractivity contribution in [1.82, 2.24) is 10.6 Å². The van der Waals surface area contributed by atoms with Gasteiger partial charge in [-0.1, -0.05) is 174 Å². The molecule has 0 rings (SSSR count). The zero-order valence-electron chi connectivity index (χ0n) is 32.4. The van der Waals surface area contributed by atoms with Gasteiger partial charge in [0, 0.05) is 45.5 Å². The third-order valence-corrected chi connectivity index (χ3v) is 8.46. The average Bonchev–Trinajstić information content (AvgIpc) is 3.03. The molecule has 279 valence electrons. The van der Waals surface area contributed by atoms with Crippen LogP contribution in [0.15, 0.2) is 36.7 Å². The maximum Gasteiger partial charge on any atom is 0.0256 e. The van der Waals surface area contributed by atoms with Crippen LogP contribution in [0.25, 0.3) is 0 Å². The number of hydrogen-bond acceptors (Lipinski definition) is 2. The van der Waals surface area contributed by atoms with Crippen molar-refractivity contribution in [2.45, 2.75) is 220 Å². The van der Waals surface area contributed by atoms with E-state index in [4.69, 9.17) is 0 Å². The number of halogens is 1. The third-order valence-electron chi connectivity index (χ3n) is 8.46. The van der Waals surface area contributed by atoms with E-state index in [1.807, 2.05) is 27.1 Å². The normalized spacial score (nSPS) is 11.5. The quantitative estimate of drug-likeness (QED) is 0.0395. The van der Waals surface area contributed by atoms with Gasteiger partial charge in [-0.15, -0.1) is 12.4 Å². The Morgan fingerprint density at radius 1 is 0.457 bits per heavy atom. The number of rotatable bonds is 34. The summed E-state index contributed by atoms with van der Waals surface area (Å²) in [5, 5.41) is 6.78. The molecule has 0 aliphatic heterocycles. The molecule has 0 aliphatic rings. The minimum Gasteiger partial charge on any atom is -0.393 e. The topological polar surface area (TPSA) is 24.1 Å². The molecule has 0 fully saturated rings. The van der Waals surface area contributed by atoms with Gasteiger partial charge in [-0.2, -0.15) is 0 Å². The first-order chi connectivity index (χ1) is 21.3. The van der Waals surface area contributed by atoms with Crippen molar-refractivity contribution in [3.63, 3.8) is 0 Å². The second-order valence-electron chi connectivity index (χ2n) is 12.6. The van der Waals surface area contributed by atoms with Crippen molar-refractivity contribution in [3.8, 4) is 0 Å². The first-order valence-corrected chi connectivity index (χ1v) is 19.7. The van der Waals surface area contributed by atoms with Gasteiger partial charge in [0.2, 0.25) is 0 Å². The van der Waals surface area contributed by atoms with Gasteiger partial charge in [-0.25, -0.2) is 0 Å². The molecule has 0 aromatic heterocycles. The molecule has 0 spiro atoms. The Bertz CT molecular complexity index is 571. The maximum absolute atomic E-state index is 3.66. The van der Waals surface area contributed by atoms with Crippen LogP contribution in [0.5, 0.6) is 0 Å². The van der Waals surface area contributed by atoms with E-state index >= 15 is 0 Å². The van der Waals surface area contributed by atoms with Crippen molar-refractivity contribution in [1.29, 1.82) is 0 Å². The Hall–Kier alpha value is -0.306. The van der Waals surface area contributed by atoms with E-state index in [9.17, 15) is 0 Å². The van der Waals surface area contributed by atoms with Crippen LogP contribution in [0, 0.1) is 7.43 Å². The van der Waals surface area contributed by atoms with Crippen LogP contribution in [0.4, 0.5) is 0 Å². The number of allylic oxidation sites excluding steroid dienone is 4. The molecule has 4 heteroatoms. The Morgan fingerprint density at radius 2 is 0.739 bits per heavy atom. The van der Waals surface area contributed by atoms with Crippen LogP contribution in [0.3, 0.4) is 0 Å². The van der Waals surface area contributed by atoms with Crippen LogP contribution < -0.4 is 10.6 Å². The van der Waals surface area contributed by atoms with Gasteiger partial charge in [-0.3, -0.25) is 0 Å². The van der Waals surface area contributed by atoms with E-state index in [0.717, 1.165) is 0 Å². The van der Waals surface area contributed by atoms with E-state index in [2.05, 4.69) is 55.0 Å². The minimum atomic E-state index is 0. The zero-order valence-corrected chi connectivity index (χ0v) is 34.6. The first kappa shape index (κ1) is 55.1. The Kier molecular flexibility index (Phi) is 64.9. The van der Waals surface area contributed by atoms with Crippen molar-refractivity contribution in [2.75, 3.05) is 7.05 Å². The molecule has 0 aromatic rings. The summed E-state index contributed by atoms with van der Waals surface area (Å²) in [4.78, 5) is 0. The van der Waals surface area contributed by atoms with Crippen LogP contribution in [0.2, 0.25) is 0 Å². The molecule has 0 saturated carbocycles. The molecule has 1 radical (unpaired) electrons. The van der Waals surface area contributed by atoms with Crippen LogP contribution in [-0.4, -0.2) is 13.1 Å². The molecule has 2 nitrogen and oxygen atoms in total. The Balaban J connectivity index is -0.000000686. The molecular formula is C42H88ClN2V-. The molecule has 0 aromatic carbocycles. The predicted octanol–water partition coefficient (Wildman–Crippen LogP) is 15.2. The number of hydrogen-bond donors (Lipinski definition) is 2. The number of unbranched alkanes of at least 4 members (excludes halogenated alkanes) is 23. The predicted molar refractivity (Wildman–Crippen MR) is 216 cm³/mol. The summed E-state index contributed by atoms with van der Waals surface area (Å²) < 4.78 is 0. The third kappa shape index (κ3) is 50.5. The SMILES string of the molecule is CC.CCCCCCC/C=C\CCCCCCCCC(CCCCCCCC/C=C\CCCCCCCC)N/C=C\NC.Cl.[CH3-].[HH].[V]. The van der Waals surface area contributed by atoms with Crippen LogP contribution in [-0.2, 0) is 18.6 Å². The summed E-state index contributed by atoms with van der Waals surface area (Å²) in [6.07, 6.45) is 53.9. The molecule has 1 unspecified atom stereocenters. The van der Waals surface area contributed by atoms with Gasteiger partial charge in [0.05, 0.1) is 0 Å². The van der Waals surface area contributed by atoms with Gasteiger partial charge in [0.1, 0.15) is 0 Å². The largest absolute Gasteiger partial charge is 0.393 e. The van der Waals surface area contributed by atoms with Crippen molar-refractivity contribution in [3.05, 3.63) is 44.1 Å². The second-order valence-corrected chi connectivity index (χ2v) is 12.6. The summed E-state index contributed by atoms with van der Waals surface area (Å²) in [6.45, 7) is 8.59. The van der Waals surface area contributed by atoms with Crippen molar-refractivity contribution < 1.29 is 20.0 Å². The Labute approximate surface area is 312 Å². The fourth-order valence-corrected chi connectivity index (χ4v) is 5.68. The second kappa shape index (κ2) is 54.2. The minimum absolute atomic E-state index is 0. The molecule has 46 heavy (non-hydrogen) atoms. The molecule has 1 atom stereocenters. The van der Waals surface area contributed by atoms with Crippen molar-refractivity contribution in [2.24, 2.45) is 0 Å². The van der Waals surface area contributed by atoms with Crippen molar-refractivity contribution >= 4 is 12.4 Å². The average molecular weight is 708 g/mol. The van der Waals surface area contributed by atoms with Crippen LogP contribution in [0.1, 0.15) is 215 Å². The molecule has 0 saturated heterocycles. The monoisotopic (exact) mass is 707 g/mol. The fourth-order valence-electron chi connectivity index (χ4n) is 5.68. The van der Waals surface area contributed by atoms with E-state index in [-0.39, 0.29) is 39.8 Å². The molecule has 0 heterocycles. The zero-order chi connectivity index (χ0) is 31.7. The van der Waals surface area contributed by atoms with Gasteiger partial charge < -0.3 is 18.1 Å². The van der Waals surface area contributed by atoms with E-state index in [0.29, 0.717) is 6.04 Å². The smallest absolute Gasteiger partial charge is 0.0256 e. The standard InChI is InChI=1S/C39H76N2.C2H6.CH3.ClH.V.H2/c1-4-6-8-10-12-14-16-18-20-22-24-26-28-30-32-34-36-39(41-38-37-40-3)35-33-31-29-27-25-23-21-19-17-15-13-11-9-7-5-2;1-2;;;;/h17-20,37-41H,4-16,21-36H2,1-3H3;1-2H3;1H3;1H;;1H/q;;-1;;;/b19-17-,20-18-,38-37-;;;;;. The number of nitrogens with one attached hydrogen (secondary N) is 2. The van der Waals surface area contributed by atoms with Gasteiger partial charge in [-0.05, 0) is 64.2 Å². The van der Waals surface area contributed by atoms with Gasteiger partial charge in [0.25, 0.3) is 0 Å². The van der Waals surface area contributed by atoms with E-state index < -0.39 is 0 Å². The summed E-state index contributed by atoms with van der Waals surface area (Å²) in [5.41, 5.74) is 0. The van der Waals surface area contributed by atoms with Crippen LogP contribution >= 0.6 is 12.4 Å². The summed E-state index contributed by atoms with van der Waals surface area (Å²) in [5.74, 6) is 0. The summed E-state index contributed by atoms with van der Waals surface area (Å²) >= 11 is 0.